The van der Waals surface area contributed by atoms with Crippen LogP contribution in [0.25, 0.3) is 20.8 Å². The molecule has 0 unspecified atom stereocenters. The highest BCUT2D eigenvalue weighted by atomic mass is 32.1. The predicted molar refractivity (Wildman–Crippen MR) is 110 cm³/mol. The number of ether oxygens (including phenoxy) is 1. The molecule has 0 saturated heterocycles. The van der Waals surface area contributed by atoms with Crippen molar-refractivity contribution < 1.29 is 9.53 Å². The minimum atomic E-state index is -0.453. The van der Waals surface area contributed by atoms with Crippen LogP contribution in [0.15, 0.2) is 22.6 Å². The quantitative estimate of drug-likeness (QED) is 0.465. The second kappa shape index (κ2) is 6.89. The first kappa shape index (κ1) is 18.2. The highest BCUT2D eigenvalue weighted by molar-refractivity contribution is 7.20. The normalized spacial score (nSPS) is 13.2. The van der Waals surface area contributed by atoms with Gasteiger partial charge in [-0.25, -0.2) is 14.8 Å². The molecule has 10 heteroatoms. The molecule has 8 nitrogen and oxygen atoms in total. The minimum Gasteiger partial charge on any atom is -0.455 e. The van der Waals surface area contributed by atoms with Crippen molar-refractivity contribution in [3.05, 3.63) is 50.1 Å². The Bertz CT molecular complexity index is 1310. The maximum Gasteiger partial charge on any atom is 0.349 e. The molecule has 0 radical (unpaired) electrons. The van der Waals surface area contributed by atoms with E-state index >= 15 is 0 Å². The lowest BCUT2D eigenvalue weighted by molar-refractivity contribution is 0.0473. The summed E-state index contributed by atoms with van der Waals surface area (Å²) in [5, 5.41) is 7.37. The Morgan fingerprint density at radius 1 is 1.34 bits per heavy atom. The molecular weight excluding hydrogens is 410 g/mol. The molecule has 0 aliphatic carbocycles. The summed E-state index contributed by atoms with van der Waals surface area (Å²) in [6, 6.07) is 0. The number of carbonyl (C=O) groups excluding carboxylic acids is 1. The fourth-order valence-corrected chi connectivity index (χ4v) is 5.38. The van der Waals surface area contributed by atoms with Crippen LogP contribution in [0.3, 0.4) is 0 Å². The van der Waals surface area contributed by atoms with Gasteiger partial charge in [-0.1, -0.05) is 0 Å². The number of rotatable bonds is 4. The zero-order valence-corrected chi connectivity index (χ0v) is 17.5. The topological polar surface area (TPSA) is 91.9 Å². The Morgan fingerprint density at radius 2 is 2.21 bits per heavy atom. The van der Waals surface area contributed by atoms with Gasteiger partial charge in [0.05, 0.1) is 17.3 Å². The van der Waals surface area contributed by atoms with E-state index in [9.17, 15) is 9.59 Å². The predicted octanol–water partition coefficient (Wildman–Crippen LogP) is 2.93. The molecule has 5 heterocycles. The molecule has 0 aromatic carbocycles. The Labute approximate surface area is 173 Å². The van der Waals surface area contributed by atoms with E-state index < -0.39 is 5.97 Å². The number of thiazole rings is 1. The van der Waals surface area contributed by atoms with Crippen molar-refractivity contribution in [2.75, 3.05) is 0 Å². The molecule has 0 amide bonds. The number of thiophene rings is 1. The van der Waals surface area contributed by atoms with E-state index in [-0.39, 0.29) is 12.2 Å². The van der Waals surface area contributed by atoms with E-state index in [1.165, 1.54) is 22.7 Å². The highest BCUT2D eigenvalue weighted by Crippen LogP contribution is 2.30. The van der Waals surface area contributed by atoms with Gasteiger partial charge < -0.3 is 4.74 Å². The molecule has 4 aromatic rings. The minimum absolute atomic E-state index is 0.0593. The Hall–Kier alpha value is -2.85. The standard InChI is InChI=1S/C19H17N5O3S2/c1-10-14-17(22-13-4-3-5-24(13)18(14)25)29-15(10)19(26)27-8-12-9-28-16(21-12)11-6-20-23(2)7-11/h6-7,9H,3-5,8H2,1-2H3. The number of carbonyl (C=O) groups is 1. The Balaban J connectivity index is 1.37. The summed E-state index contributed by atoms with van der Waals surface area (Å²) < 4.78 is 8.91. The molecule has 0 fully saturated rings. The van der Waals surface area contributed by atoms with Gasteiger partial charge in [0, 0.05) is 37.2 Å². The van der Waals surface area contributed by atoms with E-state index in [1.54, 1.807) is 22.4 Å². The van der Waals surface area contributed by atoms with Crippen molar-refractivity contribution in [3.8, 4) is 10.6 Å². The number of hydrogen-bond acceptors (Lipinski definition) is 8. The molecule has 0 spiro atoms. The number of fused-ring (bicyclic) bond motifs is 2. The maximum atomic E-state index is 12.8. The van der Waals surface area contributed by atoms with Crippen LogP contribution in [-0.2, 0) is 31.4 Å². The van der Waals surface area contributed by atoms with Gasteiger partial charge in [-0.15, -0.1) is 22.7 Å². The number of aromatic nitrogens is 5. The van der Waals surface area contributed by atoms with Crippen molar-refractivity contribution in [2.24, 2.45) is 7.05 Å². The summed E-state index contributed by atoms with van der Waals surface area (Å²) in [7, 11) is 1.85. The molecule has 1 aliphatic heterocycles. The van der Waals surface area contributed by atoms with Gasteiger partial charge in [-0.3, -0.25) is 14.0 Å². The van der Waals surface area contributed by atoms with Gasteiger partial charge in [0.2, 0.25) is 0 Å². The maximum absolute atomic E-state index is 12.8. The largest absolute Gasteiger partial charge is 0.455 e. The first-order valence-corrected chi connectivity index (χ1v) is 10.8. The van der Waals surface area contributed by atoms with Gasteiger partial charge >= 0.3 is 5.97 Å². The van der Waals surface area contributed by atoms with Crippen LogP contribution in [0.4, 0.5) is 0 Å². The number of hydrogen-bond donors (Lipinski definition) is 0. The van der Waals surface area contributed by atoms with Gasteiger partial charge in [-0.2, -0.15) is 5.10 Å². The average molecular weight is 428 g/mol. The Morgan fingerprint density at radius 3 is 3.00 bits per heavy atom. The first-order chi connectivity index (χ1) is 14.0. The van der Waals surface area contributed by atoms with Crippen molar-refractivity contribution in [2.45, 2.75) is 32.9 Å². The summed E-state index contributed by atoms with van der Waals surface area (Å²) in [4.78, 5) is 35.6. The number of nitrogens with zero attached hydrogens (tertiary/aromatic N) is 5. The fourth-order valence-electron chi connectivity index (χ4n) is 3.51. The average Bonchev–Trinajstić information content (AvgIpc) is 3.46. The first-order valence-electron chi connectivity index (χ1n) is 9.14. The molecule has 0 N–H and O–H groups in total. The fraction of sp³-hybridized carbons (Fsp3) is 0.316. The Kier molecular flexibility index (Phi) is 4.32. The van der Waals surface area contributed by atoms with Gasteiger partial charge in [0.25, 0.3) is 5.56 Å². The third-order valence-corrected chi connectivity index (χ3v) is 7.06. The third kappa shape index (κ3) is 3.08. The van der Waals surface area contributed by atoms with Crippen molar-refractivity contribution in [3.63, 3.8) is 0 Å². The SMILES string of the molecule is Cc1c(C(=O)OCc2csc(-c3cnn(C)c3)n2)sc2nc3n(c(=O)c12)CCC3. The summed E-state index contributed by atoms with van der Waals surface area (Å²) in [6.07, 6.45) is 5.36. The molecule has 0 atom stereocenters. The van der Waals surface area contributed by atoms with Crippen molar-refractivity contribution >= 4 is 38.9 Å². The molecule has 5 rings (SSSR count). The van der Waals surface area contributed by atoms with Gasteiger partial charge in [-0.05, 0) is 18.9 Å². The van der Waals surface area contributed by atoms with E-state index in [1.807, 2.05) is 18.6 Å². The molecule has 0 bridgehead atoms. The smallest absolute Gasteiger partial charge is 0.349 e. The van der Waals surface area contributed by atoms with Gasteiger partial charge in [0.15, 0.2) is 0 Å². The lowest BCUT2D eigenvalue weighted by atomic mass is 10.2. The van der Waals surface area contributed by atoms with Crippen molar-refractivity contribution in [1.29, 1.82) is 0 Å². The zero-order chi connectivity index (χ0) is 20.1. The second-order valence-corrected chi connectivity index (χ2v) is 8.80. The van der Waals surface area contributed by atoms with Crippen LogP contribution < -0.4 is 5.56 Å². The van der Waals surface area contributed by atoms with E-state index in [0.29, 0.717) is 32.9 Å². The van der Waals surface area contributed by atoms with Crippen LogP contribution in [-0.4, -0.2) is 30.3 Å². The number of aryl methyl sites for hydroxylation is 3. The lowest BCUT2D eigenvalue weighted by Gasteiger charge is -2.02. The summed E-state index contributed by atoms with van der Waals surface area (Å²) in [5.41, 5.74) is 2.19. The summed E-state index contributed by atoms with van der Waals surface area (Å²) in [5.74, 6) is 0.347. The summed E-state index contributed by atoms with van der Waals surface area (Å²) >= 11 is 2.70. The summed E-state index contributed by atoms with van der Waals surface area (Å²) in [6.45, 7) is 2.55. The van der Waals surface area contributed by atoms with Crippen LogP contribution in [0, 0.1) is 6.92 Å². The van der Waals surface area contributed by atoms with Crippen molar-refractivity contribution in [1.82, 2.24) is 24.3 Å². The molecule has 0 saturated carbocycles. The van der Waals surface area contributed by atoms with E-state index in [4.69, 9.17) is 4.74 Å². The third-order valence-electron chi connectivity index (χ3n) is 4.95. The highest BCUT2D eigenvalue weighted by Gasteiger charge is 2.24. The molecule has 1 aliphatic rings. The van der Waals surface area contributed by atoms with Crippen LogP contribution >= 0.6 is 22.7 Å². The van der Waals surface area contributed by atoms with E-state index in [2.05, 4.69) is 15.1 Å². The second-order valence-electron chi connectivity index (χ2n) is 6.95. The number of esters is 1. The van der Waals surface area contributed by atoms with Crippen LogP contribution in [0.1, 0.15) is 33.2 Å². The monoisotopic (exact) mass is 427 g/mol. The van der Waals surface area contributed by atoms with E-state index in [0.717, 1.165) is 29.2 Å². The van der Waals surface area contributed by atoms with Crippen LogP contribution in [0.2, 0.25) is 0 Å². The molecule has 29 heavy (non-hydrogen) atoms. The molecule has 4 aromatic heterocycles. The molecular formula is C19H17N5O3S2. The lowest BCUT2D eigenvalue weighted by Crippen LogP contribution is -2.20. The van der Waals surface area contributed by atoms with Crippen LogP contribution in [0.5, 0.6) is 0 Å². The zero-order valence-electron chi connectivity index (χ0n) is 15.8. The molecule has 148 valence electrons. The van der Waals surface area contributed by atoms with Gasteiger partial charge in [0.1, 0.15) is 27.1 Å².